The van der Waals surface area contributed by atoms with Crippen LogP contribution in [-0.2, 0) is 0 Å². The molecule has 2 heterocycles. The summed E-state index contributed by atoms with van der Waals surface area (Å²) in [7, 11) is 0. The Kier molecular flexibility index (Phi) is 3.23. The highest BCUT2D eigenvalue weighted by Gasteiger charge is 2.34. The van der Waals surface area contributed by atoms with Gasteiger partial charge in [0.15, 0.2) is 0 Å². The Morgan fingerprint density at radius 1 is 1.29 bits per heavy atom. The first-order valence-electron chi connectivity index (χ1n) is 7.57. The van der Waals surface area contributed by atoms with Gasteiger partial charge >= 0.3 is 0 Å². The topological polar surface area (TPSA) is 50.9 Å². The quantitative estimate of drug-likeness (QED) is 0.881. The molecule has 2 saturated carbocycles. The highest BCUT2D eigenvalue weighted by atomic mass is 35.5. The van der Waals surface area contributed by atoms with Crippen LogP contribution >= 0.6 is 11.6 Å². The van der Waals surface area contributed by atoms with Crippen molar-refractivity contribution in [1.82, 2.24) is 14.8 Å². The van der Waals surface area contributed by atoms with E-state index in [9.17, 15) is 0 Å². The summed E-state index contributed by atoms with van der Waals surface area (Å²) < 4.78 is 2.08. The minimum atomic E-state index is 0.288. The number of halogens is 1. The van der Waals surface area contributed by atoms with E-state index in [1.807, 2.05) is 12.1 Å². The fourth-order valence-electron chi connectivity index (χ4n) is 3.07. The van der Waals surface area contributed by atoms with Crippen molar-refractivity contribution in [3.8, 4) is 11.3 Å². The maximum Gasteiger partial charge on any atom is 0.129 e. The molecule has 4 nitrogen and oxygen atoms in total. The lowest BCUT2D eigenvalue weighted by Gasteiger charge is -2.34. The summed E-state index contributed by atoms with van der Waals surface area (Å²) >= 11 is 6.02. The maximum atomic E-state index is 9.16. The van der Waals surface area contributed by atoms with Crippen molar-refractivity contribution in [2.75, 3.05) is 6.61 Å². The van der Waals surface area contributed by atoms with E-state index in [1.54, 1.807) is 6.07 Å². The molecule has 2 aliphatic carbocycles. The fourth-order valence-corrected chi connectivity index (χ4v) is 3.24. The Balaban J connectivity index is 1.68. The second-order valence-corrected chi connectivity index (χ2v) is 6.59. The summed E-state index contributed by atoms with van der Waals surface area (Å²) in [6.07, 6.45) is 6.59. The van der Waals surface area contributed by atoms with Crippen molar-refractivity contribution in [3.63, 3.8) is 0 Å². The predicted octanol–water partition coefficient (Wildman–Crippen LogP) is 3.42. The van der Waals surface area contributed by atoms with Crippen molar-refractivity contribution < 1.29 is 5.11 Å². The monoisotopic (exact) mass is 303 g/mol. The molecule has 1 N–H and O–H groups in total. The second-order valence-electron chi connectivity index (χ2n) is 6.20. The van der Waals surface area contributed by atoms with Gasteiger partial charge in [-0.25, -0.2) is 4.98 Å². The van der Waals surface area contributed by atoms with E-state index in [-0.39, 0.29) is 6.61 Å². The molecule has 2 aliphatic rings. The molecule has 0 atom stereocenters. The van der Waals surface area contributed by atoms with Crippen LogP contribution in [0.4, 0.5) is 0 Å². The van der Waals surface area contributed by atoms with Gasteiger partial charge in [-0.3, -0.25) is 4.68 Å². The Morgan fingerprint density at radius 2 is 2.10 bits per heavy atom. The minimum absolute atomic E-state index is 0.288. The minimum Gasteiger partial charge on any atom is -0.396 e. The van der Waals surface area contributed by atoms with Crippen LogP contribution in [0.5, 0.6) is 0 Å². The summed E-state index contributed by atoms with van der Waals surface area (Å²) in [5.74, 6) is 1.02. The van der Waals surface area contributed by atoms with Gasteiger partial charge in [-0.2, -0.15) is 5.10 Å². The number of aliphatic hydroxyl groups excluding tert-OH is 1. The molecule has 5 heteroatoms. The average molecular weight is 304 g/mol. The van der Waals surface area contributed by atoms with E-state index >= 15 is 0 Å². The van der Waals surface area contributed by atoms with Gasteiger partial charge in [0.2, 0.25) is 0 Å². The van der Waals surface area contributed by atoms with Crippen LogP contribution in [0.25, 0.3) is 11.3 Å². The molecule has 0 radical (unpaired) electrons. The first kappa shape index (κ1) is 13.3. The normalized spacial score (nSPS) is 24.9. The molecule has 21 heavy (non-hydrogen) atoms. The maximum absolute atomic E-state index is 9.16. The van der Waals surface area contributed by atoms with E-state index in [0.29, 0.717) is 23.0 Å². The Morgan fingerprint density at radius 3 is 2.76 bits per heavy atom. The van der Waals surface area contributed by atoms with Crippen LogP contribution in [0.1, 0.15) is 43.3 Å². The van der Waals surface area contributed by atoms with E-state index in [2.05, 4.69) is 15.9 Å². The Bertz CT molecular complexity index is 659. The third-order valence-electron chi connectivity index (χ3n) is 4.56. The lowest BCUT2D eigenvalue weighted by molar-refractivity contribution is 0.105. The molecule has 2 aromatic rings. The average Bonchev–Trinajstić information content (AvgIpc) is 3.18. The second kappa shape index (κ2) is 5.11. The highest BCUT2D eigenvalue weighted by Crippen LogP contribution is 2.45. The van der Waals surface area contributed by atoms with Crippen molar-refractivity contribution in [1.29, 1.82) is 0 Å². The van der Waals surface area contributed by atoms with Gasteiger partial charge in [0.1, 0.15) is 5.15 Å². The number of aromatic nitrogens is 3. The third-order valence-corrected chi connectivity index (χ3v) is 4.77. The molecular formula is C16H18ClN3O. The SMILES string of the molecule is OC[C@H]1C[C@@H](n2cc(-c3cccc(Cl)n3)c(C3CC3)n2)C1. The number of hydrogen-bond donors (Lipinski definition) is 1. The van der Waals surface area contributed by atoms with Gasteiger partial charge in [-0.1, -0.05) is 17.7 Å². The van der Waals surface area contributed by atoms with Crippen molar-refractivity contribution >= 4 is 11.6 Å². The highest BCUT2D eigenvalue weighted by molar-refractivity contribution is 6.29. The van der Waals surface area contributed by atoms with Crippen molar-refractivity contribution in [3.05, 3.63) is 35.2 Å². The number of nitrogens with zero attached hydrogens (tertiary/aromatic N) is 3. The van der Waals surface area contributed by atoms with Crippen LogP contribution in [-0.4, -0.2) is 26.5 Å². The standard InChI is InChI=1S/C16H18ClN3O/c17-15-3-1-2-14(18-15)13-8-20(12-6-10(7-12)9-21)19-16(13)11-4-5-11/h1-3,8,10-12,21H,4-7,9H2/t10-,12+. The Labute approximate surface area is 128 Å². The molecule has 0 amide bonds. The summed E-state index contributed by atoms with van der Waals surface area (Å²) in [5, 5.41) is 14.5. The zero-order chi connectivity index (χ0) is 14.4. The first-order chi connectivity index (χ1) is 10.2. The van der Waals surface area contributed by atoms with Crippen LogP contribution in [0.15, 0.2) is 24.4 Å². The largest absolute Gasteiger partial charge is 0.396 e. The molecule has 0 unspecified atom stereocenters. The van der Waals surface area contributed by atoms with E-state index in [4.69, 9.17) is 21.8 Å². The van der Waals surface area contributed by atoms with Gasteiger partial charge in [0.05, 0.1) is 17.4 Å². The van der Waals surface area contributed by atoms with Crippen LogP contribution in [0, 0.1) is 5.92 Å². The summed E-state index contributed by atoms with van der Waals surface area (Å²) in [5.41, 5.74) is 3.19. The Hall–Kier alpha value is -1.39. The zero-order valence-corrected chi connectivity index (χ0v) is 12.5. The number of pyridine rings is 1. The van der Waals surface area contributed by atoms with Gasteiger partial charge in [0, 0.05) is 24.3 Å². The molecule has 0 bridgehead atoms. The van der Waals surface area contributed by atoms with Gasteiger partial charge < -0.3 is 5.11 Å². The van der Waals surface area contributed by atoms with E-state index < -0.39 is 0 Å². The van der Waals surface area contributed by atoms with Gasteiger partial charge in [-0.15, -0.1) is 0 Å². The molecular weight excluding hydrogens is 286 g/mol. The first-order valence-corrected chi connectivity index (χ1v) is 7.95. The summed E-state index contributed by atoms with van der Waals surface area (Å²) in [6.45, 7) is 0.288. The van der Waals surface area contributed by atoms with Crippen molar-refractivity contribution in [2.45, 2.75) is 37.6 Å². The predicted molar refractivity (Wildman–Crippen MR) is 81.3 cm³/mol. The van der Waals surface area contributed by atoms with Crippen LogP contribution in [0.3, 0.4) is 0 Å². The number of aliphatic hydroxyl groups is 1. The zero-order valence-electron chi connectivity index (χ0n) is 11.7. The molecule has 110 valence electrons. The third kappa shape index (κ3) is 2.47. The molecule has 2 aromatic heterocycles. The van der Waals surface area contributed by atoms with Gasteiger partial charge in [-0.05, 0) is 43.7 Å². The lowest BCUT2D eigenvalue weighted by atomic mass is 9.81. The van der Waals surface area contributed by atoms with Crippen LogP contribution < -0.4 is 0 Å². The lowest BCUT2D eigenvalue weighted by Crippen LogP contribution is -2.29. The molecule has 0 saturated heterocycles. The molecule has 4 rings (SSSR count). The van der Waals surface area contributed by atoms with E-state index in [1.165, 1.54) is 12.8 Å². The summed E-state index contributed by atoms with van der Waals surface area (Å²) in [4.78, 5) is 4.43. The summed E-state index contributed by atoms with van der Waals surface area (Å²) in [6, 6.07) is 6.15. The number of hydrogen-bond acceptors (Lipinski definition) is 3. The van der Waals surface area contributed by atoms with Crippen molar-refractivity contribution in [2.24, 2.45) is 5.92 Å². The fraction of sp³-hybridized carbons (Fsp3) is 0.500. The number of rotatable bonds is 4. The van der Waals surface area contributed by atoms with Crippen LogP contribution in [0.2, 0.25) is 5.15 Å². The molecule has 2 fully saturated rings. The molecule has 0 aliphatic heterocycles. The van der Waals surface area contributed by atoms with E-state index in [0.717, 1.165) is 29.8 Å². The molecule has 0 aromatic carbocycles. The smallest absolute Gasteiger partial charge is 0.129 e. The molecule has 0 spiro atoms. The van der Waals surface area contributed by atoms with Gasteiger partial charge in [0.25, 0.3) is 0 Å².